The van der Waals surface area contributed by atoms with Crippen molar-refractivity contribution in [2.24, 2.45) is 7.05 Å². The van der Waals surface area contributed by atoms with Crippen molar-refractivity contribution in [2.75, 3.05) is 12.4 Å². The molecule has 0 atom stereocenters. The van der Waals surface area contributed by atoms with Crippen LogP contribution in [0.15, 0.2) is 24.3 Å². The van der Waals surface area contributed by atoms with Gasteiger partial charge in [-0.1, -0.05) is 0 Å². The molecule has 0 spiro atoms. The maximum atomic E-state index is 12.1. The van der Waals surface area contributed by atoms with Crippen molar-refractivity contribution in [3.63, 3.8) is 0 Å². The Morgan fingerprint density at radius 2 is 2.16 bits per heavy atom. The van der Waals surface area contributed by atoms with Crippen molar-refractivity contribution in [3.05, 3.63) is 35.5 Å². The molecule has 6 nitrogen and oxygen atoms in total. The van der Waals surface area contributed by atoms with E-state index < -0.39 is 5.91 Å². The molecule has 0 unspecified atom stereocenters. The number of carbonyl (C=O) groups excluding carboxylic acids is 1. The average Bonchev–Trinajstić information content (AvgIpc) is 2.68. The summed E-state index contributed by atoms with van der Waals surface area (Å²) < 4.78 is 6.59. The summed E-state index contributed by atoms with van der Waals surface area (Å²) in [5.74, 6) is 0.547. The van der Waals surface area contributed by atoms with E-state index in [2.05, 4.69) is 10.4 Å². The molecule has 2 N–H and O–H groups in total. The quantitative estimate of drug-likeness (QED) is 0.881. The smallest absolute Gasteiger partial charge is 0.260 e. The summed E-state index contributed by atoms with van der Waals surface area (Å²) in [6.07, 6.45) is 0. The van der Waals surface area contributed by atoms with Gasteiger partial charge in [0.2, 0.25) is 0 Å². The molecule has 1 aromatic heterocycles. The zero-order valence-corrected chi connectivity index (χ0v) is 11.0. The molecule has 2 aromatic rings. The molecule has 1 heterocycles. The maximum absolute atomic E-state index is 12.1. The van der Waals surface area contributed by atoms with Crippen LogP contribution >= 0.6 is 0 Å². The van der Waals surface area contributed by atoms with Gasteiger partial charge in [-0.25, -0.2) is 0 Å². The Hall–Kier alpha value is -2.50. The fraction of sp³-hybridized carbons (Fsp3) is 0.231. The zero-order chi connectivity index (χ0) is 14.0. The zero-order valence-electron chi connectivity index (χ0n) is 11.0. The lowest BCUT2D eigenvalue weighted by atomic mass is 10.1. The van der Waals surface area contributed by atoms with Gasteiger partial charge in [0.1, 0.15) is 17.3 Å². The lowest BCUT2D eigenvalue weighted by Gasteiger charge is -2.08. The number of nitrogens with one attached hydrogen (secondary N) is 1. The highest BCUT2D eigenvalue weighted by molar-refractivity contribution is 6.06. The number of carbonyl (C=O) groups is 1. The number of rotatable bonds is 3. The van der Waals surface area contributed by atoms with Crippen LogP contribution < -0.4 is 10.1 Å². The minimum Gasteiger partial charge on any atom is -0.507 e. The Kier molecular flexibility index (Phi) is 3.41. The highest BCUT2D eigenvalue weighted by atomic mass is 16.5. The molecule has 0 aliphatic heterocycles. The van der Waals surface area contributed by atoms with Crippen LogP contribution in [0.3, 0.4) is 0 Å². The van der Waals surface area contributed by atoms with Gasteiger partial charge in [-0.05, 0) is 25.1 Å². The normalized spacial score (nSPS) is 10.3. The van der Waals surface area contributed by atoms with Gasteiger partial charge in [0.05, 0.1) is 18.4 Å². The van der Waals surface area contributed by atoms with Crippen molar-refractivity contribution >= 4 is 11.7 Å². The van der Waals surface area contributed by atoms with E-state index in [1.807, 2.05) is 6.92 Å². The van der Waals surface area contributed by atoms with Gasteiger partial charge < -0.3 is 15.2 Å². The Labute approximate surface area is 110 Å². The molecule has 100 valence electrons. The van der Waals surface area contributed by atoms with Crippen molar-refractivity contribution < 1.29 is 14.6 Å². The van der Waals surface area contributed by atoms with Crippen LogP contribution in [0.5, 0.6) is 11.5 Å². The number of aromatic nitrogens is 2. The fourth-order valence-electron chi connectivity index (χ4n) is 1.74. The second kappa shape index (κ2) is 5.01. The Morgan fingerprint density at radius 1 is 1.42 bits per heavy atom. The summed E-state index contributed by atoms with van der Waals surface area (Å²) in [6.45, 7) is 1.83. The molecule has 0 bridgehead atoms. The first kappa shape index (κ1) is 12.9. The first-order valence-corrected chi connectivity index (χ1v) is 5.70. The van der Waals surface area contributed by atoms with Gasteiger partial charge >= 0.3 is 0 Å². The summed E-state index contributed by atoms with van der Waals surface area (Å²) in [7, 11) is 3.23. The van der Waals surface area contributed by atoms with Gasteiger partial charge in [0.15, 0.2) is 0 Å². The molecular weight excluding hydrogens is 246 g/mol. The number of ether oxygens (including phenoxy) is 1. The summed E-state index contributed by atoms with van der Waals surface area (Å²) >= 11 is 0. The number of anilines is 1. The molecule has 1 aromatic carbocycles. The first-order chi connectivity index (χ1) is 9.01. The maximum Gasteiger partial charge on any atom is 0.260 e. The lowest BCUT2D eigenvalue weighted by Crippen LogP contribution is -2.14. The molecular formula is C13H15N3O3. The average molecular weight is 261 g/mol. The molecule has 0 radical (unpaired) electrons. The SMILES string of the molecule is COc1ccc(O)c(C(=O)Nc2cc(C)nn2C)c1. The number of hydrogen-bond donors (Lipinski definition) is 2. The minimum atomic E-state index is -0.417. The van der Waals surface area contributed by atoms with Gasteiger partial charge in [0.25, 0.3) is 5.91 Å². The topological polar surface area (TPSA) is 76.4 Å². The van der Waals surface area contributed by atoms with E-state index >= 15 is 0 Å². The van der Waals surface area contributed by atoms with Crippen LogP contribution in [0.1, 0.15) is 16.1 Å². The molecule has 19 heavy (non-hydrogen) atoms. The third-order valence-electron chi connectivity index (χ3n) is 2.69. The van der Waals surface area contributed by atoms with Gasteiger partial charge in [-0.15, -0.1) is 0 Å². The Bertz CT molecular complexity index is 620. The van der Waals surface area contributed by atoms with Crippen molar-refractivity contribution in [1.82, 2.24) is 9.78 Å². The molecule has 0 aliphatic carbocycles. The van der Waals surface area contributed by atoms with Gasteiger partial charge in [-0.2, -0.15) is 5.10 Å². The number of amides is 1. The van der Waals surface area contributed by atoms with Crippen molar-refractivity contribution in [1.29, 1.82) is 0 Å². The molecule has 0 saturated carbocycles. The van der Waals surface area contributed by atoms with E-state index in [1.165, 1.54) is 19.2 Å². The van der Waals surface area contributed by atoms with Crippen LogP contribution in [-0.2, 0) is 7.05 Å². The van der Waals surface area contributed by atoms with E-state index in [4.69, 9.17) is 4.74 Å². The van der Waals surface area contributed by atoms with Crippen LogP contribution in [-0.4, -0.2) is 27.9 Å². The first-order valence-electron chi connectivity index (χ1n) is 5.70. The van der Waals surface area contributed by atoms with E-state index in [0.29, 0.717) is 11.6 Å². The van der Waals surface area contributed by atoms with Crippen molar-refractivity contribution in [2.45, 2.75) is 6.92 Å². The lowest BCUT2D eigenvalue weighted by molar-refractivity contribution is 0.102. The largest absolute Gasteiger partial charge is 0.507 e. The molecule has 2 rings (SSSR count). The monoisotopic (exact) mass is 261 g/mol. The predicted molar refractivity (Wildman–Crippen MR) is 70.6 cm³/mol. The highest BCUT2D eigenvalue weighted by Gasteiger charge is 2.14. The van der Waals surface area contributed by atoms with Crippen LogP contribution in [0, 0.1) is 6.92 Å². The number of aromatic hydroxyl groups is 1. The minimum absolute atomic E-state index is 0.0998. The van der Waals surface area contributed by atoms with Gasteiger partial charge in [-0.3, -0.25) is 9.48 Å². The van der Waals surface area contributed by atoms with E-state index in [1.54, 1.807) is 23.9 Å². The number of phenols is 1. The summed E-state index contributed by atoms with van der Waals surface area (Å²) in [5.41, 5.74) is 0.950. The summed E-state index contributed by atoms with van der Waals surface area (Å²) in [5, 5.41) is 16.5. The second-order valence-electron chi connectivity index (χ2n) is 4.13. The molecule has 0 aliphatic rings. The predicted octanol–water partition coefficient (Wildman–Crippen LogP) is 1.70. The molecule has 1 amide bonds. The Balaban J connectivity index is 2.27. The van der Waals surface area contributed by atoms with Crippen molar-refractivity contribution in [3.8, 4) is 11.5 Å². The second-order valence-corrected chi connectivity index (χ2v) is 4.13. The number of aryl methyl sites for hydroxylation is 2. The number of benzene rings is 1. The number of phenolic OH excluding ortho intramolecular Hbond substituents is 1. The number of nitrogens with zero attached hydrogens (tertiary/aromatic N) is 2. The van der Waals surface area contributed by atoms with Gasteiger partial charge in [0, 0.05) is 13.1 Å². The fourth-order valence-corrected chi connectivity index (χ4v) is 1.74. The van der Waals surface area contributed by atoms with Crippen LogP contribution in [0.25, 0.3) is 0 Å². The summed E-state index contributed by atoms with van der Waals surface area (Å²) in [4.78, 5) is 12.1. The van der Waals surface area contributed by atoms with E-state index in [0.717, 1.165) is 5.69 Å². The number of hydrogen-bond acceptors (Lipinski definition) is 4. The molecule has 0 fully saturated rings. The summed E-state index contributed by atoms with van der Waals surface area (Å²) in [6, 6.07) is 6.23. The Morgan fingerprint density at radius 3 is 2.74 bits per heavy atom. The third-order valence-corrected chi connectivity index (χ3v) is 2.69. The standard InChI is InChI=1S/C13H15N3O3/c1-8-6-12(16(2)15-8)14-13(18)10-7-9(19-3)4-5-11(10)17/h4-7,17H,1-3H3,(H,14,18). The molecule has 0 saturated heterocycles. The van der Waals surface area contributed by atoms with E-state index in [9.17, 15) is 9.90 Å². The number of methoxy groups -OCH3 is 1. The van der Waals surface area contributed by atoms with E-state index in [-0.39, 0.29) is 11.3 Å². The third kappa shape index (κ3) is 2.67. The molecule has 6 heteroatoms. The van der Waals surface area contributed by atoms with Crippen LogP contribution in [0.4, 0.5) is 5.82 Å². The highest BCUT2D eigenvalue weighted by Crippen LogP contribution is 2.23. The van der Waals surface area contributed by atoms with Crippen LogP contribution in [0.2, 0.25) is 0 Å².